The van der Waals surface area contributed by atoms with Crippen molar-refractivity contribution < 1.29 is 9.11 Å². The van der Waals surface area contributed by atoms with Gasteiger partial charge in [-0.2, -0.15) is 0 Å². The fourth-order valence-corrected chi connectivity index (χ4v) is 7.93. The molecule has 5 rings (SSSR count). The number of benzene rings is 4. The third-order valence-electron chi connectivity index (χ3n) is 7.15. The van der Waals surface area contributed by atoms with Crippen molar-refractivity contribution in [2.75, 3.05) is 36.0 Å². The van der Waals surface area contributed by atoms with E-state index in [0.29, 0.717) is 0 Å². The molecule has 0 radical (unpaired) electrons. The topological polar surface area (TPSA) is 52.6 Å². The zero-order valence-corrected chi connectivity index (χ0v) is 24.1. The summed E-state index contributed by atoms with van der Waals surface area (Å²) in [5.74, 6) is 0. The number of para-hydroxylation sites is 2. The lowest BCUT2D eigenvalue weighted by molar-refractivity contribution is 0.589. The number of hydrogen-bond acceptors (Lipinski definition) is 4. The molecule has 196 valence electrons. The minimum absolute atomic E-state index is 0.797. The van der Waals surface area contributed by atoms with Crippen molar-refractivity contribution in [2.45, 2.75) is 47.3 Å². The molecule has 1 fully saturated rings. The van der Waals surface area contributed by atoms with Crippen molar-refractivity contribution in [2.24, 2.45) is 0 Å². The molecule has 2 unspecified atom stereocenters. The Morgan fingerprint density at radius 2 is 0.868 bits per heavy atom. The molecule has 0 bridgehead atoms. The van der Waals surface area contributed by atoms with Crippen LogP contribution in [0.25, 0.3) is 0 Å². The van der Waals surface area contributed by atoms with Gasteiger partial charge in [0.05, 0.1) is 11.4 Å². The Hall–Kier alpha value is -2.90. The van der Waals surface area contributed by atoms with Crippen LogP contribution in [0.2, 0.25) is 0 Å². The van der Waals surface area contributed by atoms with Crippen LogP contribution in [-0.4, -0.2) is 35.3 Å². The maximum atomic E-state index is 13.7. The third kappa shape index (κ3) is 5.45. The molecule has 4 aromatic carbocycles. The van der Waals surface area contributed by atoms with Crippen LogP contribution in [-0.2, 0) is 22.4 Å². The van der Waals surface area contributed by atoms with Gasteiger partial charge in [0, 0.05) is 59.7 Å². The van der Waals surface area contributed by atoms with Gasteiger partial charge in [-0.3, -0.25) is 0 Å². The monoisotopic (exact) mass is 542 g/mol. The van der Waals surface area contributed by atoms with Gasteiger partial charge in [0.2, 0.25) is 0 Å². The Morgan fingerprint density at radius 3 is 1.24 bits per heavy atom. The van der Waals surface area contributed by atoms with Crippen LogP contribution < -0.4 is 9.80 Å². The normalized spacial score (nSPS) is 15.4. The molecular weight excluding hydrogens is 508 g/mol. The van der Waals surface area contributed by atoms with Crippen molar-refractivity contribution in [1.29, 1.82) is 0 Å². The summed E-state index contributed by atoms with van der Waals surface area (Å²) < 4.78 is 27.3. The van der Waals surface area contributed by atoms with E-state index in [0.717, 1.165) is 68.3 Å². The van der Waals surface area contributed by atoms with E-state index in [1.54, 1.807) is 0 Å². The lowest BCUT2D eigenvalue weighted by Gasteiger charge is -2.38. The minimum Gasteiger partial charge on any atom is -0.606 e. The van der Waals surface area contributed by atoms with Crippen LogP contribution in [0, 0.1) is 27.7 Å². The Labute approximate surface area is 232 Å². The van der Waals surface area contributed by atoms with Gasteiger partial charge in [0.15, 0.2) is 19.6 Å². The molecule has 1 saturated heterocycles. The zero-order chi connectivity index (χ0) is 26.8. The molecule has 2 atom stereocenters. The van der Waals surface area contributed by atoms with E-state index in [9.17, 15) is 9.11 Å². The summed E-state index contributed by atoms with van der Waals surface area (Å²) in [5.41, 5.74) is 6.50. The van der Waals surface area contributed by atoms with E-state index in [2.05, 4.69) is 47.9 Å². The second-order valence-electron chi connectivity index (χ2n) is 9.98. The predicted molar refractivity (Wildman–Crippen MR) is 158 cm³/mol. The number of nitrogens with zero attached hydrogens (tertiary/aromatic N) is 2. The first-order chi connectivity index (χ1) is 18.3. The van der Waals surface area contributed by atoms with Crippen molar-refractivity contribution >= 4 is 33.7 Å². The van der Waals surface area contributed by atoms with Crippen LogP contribution >= 0.6 is 0 Å². The second-order valence-corrected chi connectivity index (χ2v) is 12.8. The fraction of sp³-hybridized carbons (Fsp3) is 0.250. The van der Waals surface area contributed by atoms with Crippen LogP contribution in [0.5, 0.6) is 0 Å². The van der Waals surface area contributed by atoms with Crippen LogP contribution in [0.15, 0.2) is 105 Å². The van der Waals surface area contributed by atoms with E-state index in [1.807, 2.05) is 74.5 Å². The van der Waals surface area contributed by atoms with Crippen molar-refractivity contribution in [1.82, 2.24) is 0 Å². The SMILES string of the molecule is Cc1ccc([S+]([O-])c2ccccc2N2CCN(c3ccccc3[S+]([O-])c3ccc(C)cc3C)CC2)c(C)c1. The highest BCUT2D eigenvalue weighted by atomic mass is 32.2. The van der Waals surface area contributed by atoms with Crippen LogP contribution in [0.3, 0.4) is 0 Å². The molecule has 0 amide bonds. The quantitative estimate of drug-likeness (QED) is 0.258. The molecular formula is C32H34N2O2S2. The number of piperazine rings is 1. The van der Waals surface area contributed by atoms with E-state index in [4.69, 9.17) is 0 Å². The van der Waals surface area contributed by atoms with Gasteiger partial charge in [-0.15, -0.1) is 0 Å². The van der Waals surface area contributed by atoms with E-state index in [1.165, 1.54) is 11.1 Å². The molecule has 6 heteroatoms. The third-order valence-corrected chi connectivity index (χ3v) is 10.4. The maximum absolute atomic E-state index is 13.7. The molecule has 1 aliphatic rings. The molecule has 4 nitrogen and oxygen atoms in total. The number of aryl methyl sites for hydroxylation is 4. The highest BCUT2D eigenvalue weighted by molar-refractivity contribution is 7.92. The van der Waals surface area contributed by atoms with E-state index < -0.39 is 22.4 Å². The average molecular weight is 543 g/mol. The van der Waals surface area contributed by atoms with Gasteiger partial charge in [0.1, 0.15) is 0 Å². The van der Waals surface area contributed by atoms with Gasteiger partial charge in [0.25, 0.3) is 0 Å². The van der Waals surface area contributed by atoms with Gasteiger partial charge in [-0.25, -0.2) is 0 Å². The van der Waals surface area contributed by atoms with Gasteiger partial charge >= 0.3 is 0 Å². The Balaban J connectivity index is 1.36. The second kappa shape index (κ2) is 11.5. The van der Waals surface area contributed by atoms with E-state index >= 15 is 0 Å². The van der Waals surface area contributed by atoms with Crippen LogP contribution in [0.4, 0.5) is 11.4 Å². The molecule has 1 heterocycles. The lowest BCUT2D eigenvalue weighted by atomic mass is 10.2. The maximum Gasteiger partial charge on any atom is 0.181 e. The largest absolute Gasteiger partial charge is 0.606 e. The smallest absolute Gasteiger partial charge is 0.181 e. The first-order valence-electron chi connectivity index (χ1n) is 13.0. The molecule has 4 aromatic rings. The minimum atomic E-state index is -1.26. The molecule has 0 aromatic heterocycles. The summed E-state index contributed by atoms with van der Waals surface area (Å²) >= 11 is -2.51. The molecule has 0 N–H and O–H groups in total. The standard InChI is InChI=1S/C32H34N2O2S2/c1-23-13-15-29(25(3)21-23)37(35)31-11-7-5-9-27(31)33-17-19-34(20-18-33)28-10-6-8-12-32(28)38(36)30-16-14-24(2)22-26(30)4/h5-16,21-22H,17-20H2,1-4H3. The molecule has 38 heavy (non-hydrogen) atoms. The molecule has 0 saturated carbocycles. The fourth-order valence-electron chi connectivity index (χ4n) is 5.19. The number of anilines is 2. The molecule has 0 spiro atoms. The van der Waals surface area contributed by atoms with Crippen molar-refractivity contribution in [3.63, 3.8) is 0 Å². The summed E-state index contributed by atoms with van der Waals surface area (Å²) in [7, 11) is 0. The summed E-state index contributed by atoms with van der Waals surface area (Å²) in [6.07, 6.45) is 0. The first kappa shape index (κ1) is 26.7. The van der Waals surface area contributed by atoms with Crippen molar-refractivity contribution in [3.05, 3.63) is 107 Å². The number of hydrogen-bond donors (Lipinski definition) is 0. The Morgan fingerprint density at radius 1 is 0.500 bits per heavy atom. The highest BCUT2D eigenvalue weighted by Gasteiger charge is 2.29. The molecule has 0 aliphatic carbocycles. The highest BCUT2D eigenvalue weighted by Crippen LogP contribution is 2.35. The lowest BCUT2D eigenvalue weighted by Crippen LogP contribution is -2.47. The summed E-state index contributed by atoms with van der Waals surface area (Å²) in [6.45, 7) is 11.4. The van der Waals surface area contributed by atoms with Gasteiger partial charge < -0.3 is 18.9 Å². The average Bonchev–Trinajstić information content (AvgIpc) is 2.92. The predicted octanol–water partition coefficient (Wildman–Crippen LogP) is 6.58. The number of rotatable bonds is 6. The van der Waals surface area contributed by atoms with Crippen molar-refractivity contribution in [3.8, 4) is 0 Å². The summed E-state index contributed by atoms with van der Waals surface area (Å²) in [5, 5.41) is 0. The summed E-state index contributed by atoms with van der Waals surface area (Å²) in [6, 6.07) is 28.3. The van der Waals surface area contributed by atoms with Gasteiger partial charge in [-0.1, -0.05) is 59.7 Å². The van der Waals surface area contributed by atoms with Gasteiger partial charge in [-0.05, 0) is 64.1 Å². The zero-order valence-electron chi connectivity index (χ0n) is 22.4. The first-order valence-corrected chi connectivity index (χ1v) is 15.3. The van der Waals surface area contributed by atoms with Crippen LogP contribution in [0.1, 0.15) is 22.3 Å². The van der Waals surface area contributed by atoms with E-state index in [-0.39, 0.29) is 0 Å². The summed E-state index contributed by atoms with van der Waals surface area (Å²) in [4.78, 5) is 8.09. The molecule has 1 aliphatic heterocycles. The Kier molecular flexibility index (Phi) is 8.05. The Bertz CT molecular complexity index is 1320.